The number of hydrogen-bond donors (Lipinski definition) is 1. The van der Waals surface area contributed by atoms with E-state index in [1.54, 1.807) is 18.2 Å². The number of benzene rings is 2. The quantitative estimate of drug-likeness (QED) is 0.775. The molecule has 21 heavy (non-hydrogen) atoms. The number of hydrogen-bond acceptors (Lipinski definition) is 2. The Balaban J connectivity index is 2.27. The van der Waals surface area contributed by atoms with Crippen molar-refractivity contribution in [2.45, 2.75) is 6.18 Å². The van der Waals surface area contributed by atoms with Gasteiger partial charge in [0, 0.05) is 10.0 Å². The summed E-state index contributed by atoms with van der Waals surface area (Å²) in [6.07, 6.45) is -4.41. The molecule has 0 amide bonds. The van der Waals surface area contributed by atoms with E-state index in [4.69, 9.17) is 22.7 Å². The van der Waals surface area contributed by atoms with Gasteiger partial charge in [-0.15, -0.1) is 0 Å². The fourth-order valence-electron chi connectivity index (χ4n) is 1.63. The molecule has 110 valence electrons. The molecule has 0 aliphatic heterocycles. The number of thiocarbonyl (C=S) groups is 1. The predicted molar refractivity (Wildman–Crippen MR) is 81.5 cm³/mol. The first-order valence-corrected chi connectivity index (χ1v) is 6.92. The topological polar surface area (TPSA) is 35.2 Å². The predicted octanol–water partition coefficient (Wildman–Crippen LogP) is 4.89. The minimum absolute atomic E-state index is 0.0970. The third kappa shape index (κ3) is 3.95. The van der Waals surface area contributed by atoms with Crippen LogP contribution in [0.1, 0.15) is 11.1 Å². The zero-order valence-corrected chi connectivity index (χ0v) is 12.8. The first kappa shape index (κ1) is 15.8. The molecule has 0 heterocycles. The minimum atomic E-state index is -4.41. The molecule has 0 saturated carbocycles. The maximum atomic E-state index is 12.6. The molecule has 7 heteroatoms. The Morgan fingerprint density at radius 1 is 1.10 bits per heavy atom. The SMILES string of the molecule is NC(=S)c1ccc(Oc2cccc(C(F)(F)F)c2)cc1Br. The highest BCUT2D eigenvalue weighted by molar-refractivity contribution is 9.10. The van der Waals surface area contributed by atoms with E-state index in [-0.39, 0.29) is 10.7 Å². The van der Waals surface area contributed by atoms with Crippen molar-refractivity contribution in [2.24, 2.45) is 5.73 Å². The van der Waals surface area contributed by atoms with Crippen molar-refractivity contribution in [3.8, 4) is 11.5 Å². The molecule has 0 aliphatic carbocycles. The molecule has 2 aromatic rings. The molecule has 0 bridgehead atoms. The standard InChI is InChI=1S/C14H9BrF3NOS/c15-12-7-10(4-5-11(12)13(19)21)20-9-3-1-2-8(6-9)14(16,17)18/h1-7H,(H2,19,21). The van der Waals surface area contributed by atoms with Gasteiger partial charge in [0.2, 0.25) is 0 Å². The summed E-state index contributed by atoms with van der Waals surface area (Å²) in [5, 5.41) is 0. The third-order valence-corrected chi connectivity index (χ3v) is 3.48. The Bertz CT molecular complexity index is 688. The molecule has 0 saturated heterocycles. The average Bonchev–Trinajstić information content (AvgIpc) is 2.37. The second-order valence-corrected chi connectivity index (χ2v) is 5.43. The van der Waals surface area contributed by atoms with E-state index < -0.39 is 11.7 Å². The highest BCUT2D eigenvalue weighted by Crippen LogP contribution is 2.33. The maximum absolute atomic E-state index is 12.6. The van der Waals surface area contributed by atoms with Crippen LogP contribution < -0.4 is 10.5 Å². The largest absolute Gasteiger partial charge is 0.457 e. The fourth-order valence-corrected chi connectivity index (χ4v) is 2.51. The van der Waals surface area contributed by atoms with E-state index in [0.717, 1.165) is 12.1 Å². The first-order valence-electron chi connectivity index (χ1n) is 5.72. The molecule has 2 N–H and O–H groups in total. The zero-order chi connectivity index (χ0) is 15.6. The molecule has 0 spiro atoms. The molecular formula is C14H9BrF3NOS. The minimum Gasteiger partial charge on any atom is -0.457 e. The van der Waals surface area contributed by atoms with Gasteiger partial charge >= 0.3 is 6.18 Å². The summed E-state index contributed by atoms with van der Waals surface area (Å²) in [5.74, 6) is 0.473. The summed E-state index contributed by atoms with van der Waals surface area (Å²) < 4.78 is 43.9. The Kier molecular flexibility index (Phi) is 4.53. The summed E-state index contributed by atoms with van der Waals surface area (Å²) in [5.41, 5.74) is 5.38. The van der Waals surface area contributed by atoms with Gasteiger partial charge in [-0.3, -0.25) is 0 Å². The van der Waals surface area contributed by atoms with Gasteiger partial charge in [0.05, 0.1) is 5.56 Å². The van der Waals surface area contributed by atoms with Crippen LogP contribution in [0.3, 0.4) is 0 Å². The average molecular weight is 376 g/mol. The molecule has 2 nitrogen and oxygen atoms in total. The van der Waals surface area contributed by atoms with Crippen LogP contribution in [0.4, 0.5) is 13.2 Å². The van der Waals surface area contributed by atoms with Crippen LogP contribution in [0.15, 0.2) is 46.9 Å². The van der Waals surface area contributed by atoms with Crippen molar-refractivity contribution in [2.75, 3.05) is 0 Å². The molecule has 0 atom stereocenters. The van der Waals surface area contributed by atoms with Gasteiger partial charge in [-0.1, -0.05) is 18.3 Å². The van der Waals surface area contributed by atoms with Crippen LogP contribution in [0.5, 0.6) is 11.5 Å². The molecule has 0 aliphatic rings. The lowest BCUT2D eigenvalue weighted by Gasteiger charge is -2.11. The Morgan fingerprint density at radius 3 is 2.33 bits per heavy atom. The maximum Gasteiger partial charge on any atom is 0.416 e. The van der Waals surface area contributed by atoms with Gasteiger partial charge in [0.15, 0.2) is 0 Å². The lowest BCUT2D eigenvalue weighted by molar-refractivity contribution is -0.137. The second-order valence-electron chi connectivity index (χ2n) is 4.13. The number of rotatable bonds is 3. The molecule has 2 aromatic carbocycles. The molecule has 0 aromatic heterocycles. The molecule has 0 radical (unpaired) electrons. The van der Waals surface area contributed by atoms with Gasteiger partial charge in [0.1, 0.15) is 16.5 Å². The van der Waals surface area contributed by atoms with Crippen molar-refractivity contribution in [3.05, 3.63) is 58.1 Å². The Hall–Kier alpha value is -1.60. The molecular weight excluding hydrogens is 367 g/mol. The van der Waals surface area contributed by atoms with Gasteiger partial charge in [-0.25, -0.2) is 0 Å². The second kappa shape index (κ2) is 6.03. The Labute approximate surface area is 132 Å². The van der Waals surface area contributed by atoms with E-state index in [2.05, 4.69) is 15.9 Å². The highest BCUT2D eigenvalue weighted by atomic mass is 79.9. The monoisotopic (exact) mass is 375 g/mol. The number of alkyl halides is 3. The van der Waals surface area contributed by atoms with Gasteiger partial charge < -0.3 is 10.5 Å². The van der Waals surface area contributed by atoms with Crippen LogP contribution in [0.25, 0.3) is 0 Å². The van der Waals surface area contributed by atoms with Crippen LogP contribution in [0.2, 0.25) is 0 Å². The summed E-state index contributed by atoms with van der Waals surface area (Å²) in [7, 11) is 0. The fraction of sp³-hybridized carbons (Fsp3) is 0.0714. The normalized spacial score (nSPS) is 11.2. The van der Waals surface area contributed by atoms with Gasteiger partial charge in [-0.05, 0) is 52.3 Å². The van der Waals surface area contributed by atoms with Crippen molar-refractivity contribution in [1.82, 2.24) is 0 Å². The van der Waals surface area contributed by atoms with Crippen molar-refractivity contribution in [3.63, 3.8) is 0 Å². The van der Waals surface area contributed by atoms with E-state index in [1.165, 1.54) is 12.1 Å². The van der Waals surface area contributed by atoms with Crippen LogP contribution in [-0.4, -0.2) is 4.99 Å². The van der Waals surface area contributed by atoms with E-state index >= 15 is 0 Å². The van der Waals surface area contributed by atoms with Crippen LogP contribution in [-0.2, 0) is 6.18 Å². The lowest BCUT2D eigenvalue weighted by Crippen LogP contribution is -2.09. The molecule has 0 fully saturated rings. The summed E-state index contributed by atoms with van der Waals surface area (Å²) in [4.78, 5) is 0.215. The van der Waals surface area contributed by atoms with Crippen molar-refractivity contribution in [1.29, 1.82) is 0 Å². The number of nitrogens with two attached hydrogens (primary N) is 1. The van der Waals surface area contributed by atoms with E-state index in [9.17, 15) is 13.2 Å². The van der Waals surface area contributed by atoms with Gasteiger partial charge in [0.25, 0.3) is 0 Å². The van der Waals surface area contributed by atoms with E-state index in [1.807, 2.05) is 0 Å². The molecule has 2 rings (SSSR count). The Morgan fingerprint density at radius 2 is 1.76 bits per heavy atom. The van der Waals surface area contributed by atoms with Crippen LogP contribution >= 0.6 is 28.1 Å². The summed E-state index contributed by atoms with van der Waals surface area (Å²) in [6, 6.07) is 9.47. The third-order valence-electron chi connectivity index (χ3n) is 2.60. The molecule has 0 unspecified atom stereocenters. The van der Waals surface area contributed by atoms with Crippen molar-refractivity contribution < 1.29 is 17.9 Å². The van der Waals surface area contributed by atoms with Gasteiger partial charge in [-0.2, -0.15) is 13.2 Å². The van der Waals surface area contributed by atoms with Crippen molar-refractivity contribution >= 4 is 33.1 Å². The van der Waals surface area contributed by atoms with E-state index in [0.29, 0.717) is 15.8 Å². The summed E-state index contributed by atoms with van der Waals surface area (Å²) >= 11 is 8.14. The van der Waals surface area contributed by atoms with Crippen LogP contribution in [0, 0.1) is 0 Å². The highest BCUT2D eigenvalue weighted by Gasteiger charge is 2.30. The number of ether oxygens (including phenoxy) is 1. The smallest absolute Gasteiger partial charge is 0.416 e. The zero-order valence-electron chi connectivity index (χ0n) is 10.4. The summed E-state index contributed by atoms with van der Waals surface area (Å²) in [6.45, 7) is 0. The first-order chi connectivity index (χ1) is 9.77. The number of halogens is 4. The lowest BCUT2D eigenvalue weighted by atomic mass is 10.2.